The molecule has 6 heteroatoms. The zero-order valence-electron chi connectivity index (χ0n) is 14.0. The molecule has 0 aromatic carbocycles. The van der Waals surface area contributed by atoms with E-state index in [0.29, 0.717) is 19.5 Å². The van der Waals surface area contributed by atoms with Gasteiger partial charge in [0.1, 0.15) is 0 Å². The van der Waals surface area contributed by atoms with E-state index in [-0.39, 0.29) is 11.8 Å². The second kappa shape index (κ2) is 6.53. The average molecular weight is 318 g/mol. The topological polar surface area (TPSA) is 69.6 Å². The van der Waals surface area contributed by atoms with E-state index in [4.69, 9.17) is 0 Å². The summed E-state index contributed by atoms with van der Waals surface area (Å²) >= 11 is 0. The first kappa shape index (κ1) is 16.3. The van der Waals surface area contributed by atoms with Crippen LogP contribution >= 0.6 is 0 Å². The molecule has 2 fully saturated rings. The maximum absolute atomic E-state index is 12.9. The molecule has 0 unspecified atom stereocenters. The Bertz CT molecular complexity index is 543. The molecular weight excluding hydrogens is 292 g/mol. The number of rotatable bonds is 4. The Morgan fingerprint density at radius 1 is 1.30 bits per heavy atom. The number of likely N-dealkylation sites (tertiary alicyclic amines) is 2. The number of aliphatic hydroxyl groups excluding tert-OH is 1. The lowest BCUT2D eigenvalue weighted by atomic mass is 10.00. The molecule has 0 aliphatic carbocycles. The van der Waals surface area contributed by atoms with E-state index >= 15 is 0 Å². The SMILES string of the molecule is CC(C)(C(=O)N1C[C@@H](Cc2cnccn2)[C@H](O)C1)N1CCCC1. The van der Waals surface area contributed by atoms with E-state index in [1.807, 2.05) is 18.7 Å². The van der Waals surface area contributed by atoms with Crippen LogP contribution in [0.25, 0.3) is 0 Å². The molecule has 3 rings (SSSR count). The van der Waals surface area contributed by atoms with Gasteiger partial charge in [0.15, 0.2) is 0 Å². The second-order valence-electron chi connectivity index (χ2n) is 7.19. The summed E-state index contributed by atoms with van der Waals surface area (Å²) in [5.74, 6) is 0.158. The molecule has 0 bridgehead atoms. The number of aliphatic hydroxyl groups is 1. The molecule has 0 radical (unpaired) electrons. The summed E-state index contributed by atoms with van der Waals surface area (Å²) in [4.78, 5) is 25.4. The molecule has 1 aromatic rings. The minimum atomic E-state index is -0.490. The lowest BCUT2D eigenvalue weighted by molar-refractivity contribution is -0.141. The molecule has 1 N–H and O–H groups in total. The van der Waals surface area contributed by atoms with Gasteiger partial charge in [-0.05, 0) is 46.2 Å². The molecule has 23 heavy (non-hydrogen) atoms. The van der Waals surface area contributed by atoms with Gasteiger partial charge in [-0.15, -0.1) is 0 Å². The maximum atomic E-state index is 12.9. The average Bonchev–Trinajstić information content (AvgIpc) is 3.19. The Morgan fingerprint density at radius 3 is 2.70 bits per heavy atom. The third kappa shape index (κ3) is 3.38. The van der Waals surface area contributed by atoms with Gasteiger partial charge < -0.3 is 10.0 Å². The van der Waals surface area contributed by atoms with Crippen LogP contribution in [-0.2, 0) is 11.2 Å². The fourth-order valence-electron chi connectivity index (χ4n) is 3.72. The van der Waals surface area contributed by atoms with Crippen LogP contribution in [0, 0.1) is 5.92 Å². The van der Waals surface area contributed by atoms with Crippen molar-refractivity contribution in [3.63, 3.8) is 0 Å². The number of β-amino-alcohol motifs (C(OH)–C–C–N with tert-alkyl or cyclic N) is 1. The molecule has 126 valence electrons. The molecule has 0 spiro atoms. The van der Waals surface area contributed by atoms with Crippen molar-refractivity contribution in [1.82, 2.24) is 19.8 Å². The summed E-state index contributed by atoms with van der Waals surface area (Å²) in [6.45, 7) is 6.98. The fourth-order valence-corrected chi connectivity index (χ4v) is 3.72. The highest BCUT2D eigenvalue weighted by molar-refractivity contribution is 5.85. The molecule has 0 saturated carbocycles. The van der Waals surface area contributed by atoms with Crippen molar-refractivity contribution in [2.45, 2.75) is 44.8 Å². The van der Waals surface area contributed by atoms with E-state index in [9.17, 15) is 9.90 Å². The van der Waals surface area contributed by atoms with Crippen LogP contribution < -0.4 is 0 Å². The van der Waals surface area contributed by atoms with Crippen LogP contribution in [0.4, 0.5) is 0 Å². The highest BCUT2D eigenvalue weighted by Gasteiger charge is 2.43. The van der Waals surface area contributed by atoms with Gasteiger partial charge in [-0.3, -0.25) is 19.7 Å². The molecule has 2 atom stereocenters. The monoisotopic (exact) mass is 318 g/mol. The van der Waals surface area contributed by atoms with Gasteiger partial charge in [0, 0.05) is 37.6 Å². The van der Waals surface area contributed by atoms with Crippen LogP contribution in [0.5, 0.6) is 0 Å². The lowest BCUT2D eigenvalue weighted by Gasteiger charge is -2.37. The van der Waals surface area contributed by atoms with Gasteiger partial charge in [-0.2, -0.15) is 0 Å². The number of nitrogens with zero attached hydrogens (tertiary/aromatic N) is 4. The minimum Gasteiger partial charge on any atom is -0.391 e. The fraction of sp³-hybridized carbons (Fsp3) is 0.706. The van der Waals surface area contributed by atoms with Crippen molar-refractivity contribution in [3.05, 3.63) is 24.3 Å². The number of carbonyl (C=O) groups is 1. The quantitative estimate of drug-likeness (QED) is 0.885. The first-order valence-electron chi connectivity index (χ1n) is 8.46. The predicted octanol–water partition coefficient (Wildman–Crippen LogP) is 0.713. The molecule has 1 amide bonds. The molecule has 2 aliphatic rings. The summed E-state index contributed by atoms with van der Waals surface area (Å²) in [6, 6.07) is 0. The van der Waals surface area contributed by atoms with Crippen molar-refractivity contribution < 1.29 is 9.90 Å². The van der Waals surface area contributed by atoms with Crippen molar-refractivity contribution in [2.24, 2.45) is 5.92 Å². The molecule has 2 aliphatic heterocycles. The van der Waals surface area contributed by atoms with Gasteiger partial charge in [-0.25, -0.2) is 0 Å². The molecule has 1 aromatic heterocycles. The Morgan fingerprint density at radius 2 is 2.04 bits per heavy atom. The van der Waals surface area contributed by atoms with Crippen molar-refractivity contribution in [1.29, 1.82) is 0 Å². The highest BCUT2D eigenvalue weighted by atomic mass is 16.3. The number of hydrogen-bond acceptors (Lipinski definition) is 5. The lowest BCUT2D eigenvalue weighted by Crippen LogP contribution is -2.54. The van der Waals surface area contributed by atoms with E-state index < -0.39 is 11.6 Å². The Balaban J connectivity index is 1.64. The number of amides is 1. The first-order valence-corrected chi connectivity index (χ1v) is 8.46. The summed E-state index contributed by atoms with van der Waals surface area (Å²) in [5, 5.41) is 10.3. The summed E-state index contributed by atoms with van der Waals surface area (Å²) in [6.07, 6.45) is 7.52. The largest absolute Gasteiger partial charge is 0.391 e. The third-order valence-electron chi connectivity index (χ3n) is 5.20. The van der Waals surface area contributed by atoms with E-state index in [1.165, 1.54) is 0 Å². The van der Waals surface area contributed by atoms with E-state index in [0.717, 1.165) is 31.6 Å². The number of aromatic nitrogens is 2. The van der Waals surface area contributed by atoms with Crippen molar-refractivity contribution >= 4 is 5.91 Å². The van der Waals surface area contributed by atoms with Crippen LogP contribution in [0.3, 0.4) is 0 Å². The minimum absolute atomic E-state index is 0.0324. The standard InChI is InChI=1S/C17H26N4O2/c1-17(2,21-7-3-4-8-21)16(23)20-11-13(15(22)12-20)9-14-10-18-5-6-19-14/h5-6,10,13,15,22H,3-4,7-9,11-12H2,1-2H3/t13-,15-/m1/s1. The second-order valence-corrected chi connectivity index (χ2v) is 7.19. The van der Waals surface area contributed by atoms with Gasteiger partial charge in [0.25, 0.3) is 0 Å². The van der Waals surface area contributed by atoms with Gasteiger partial charge in [0.2, 0.25) is 5.91 Å². The number of carbonyl (C=O) groups excluding carboxylic acids is 1. The van der Waals surface area contributed by atoms with Crippen LogP contribution in [0.2, 0.25) is 0 Å². The van der Waals surface area contributed by atoms with Gasteiger partial charge >= 0.3 is 0 Å². The Labute approximate surface area is 137 Å². The van der Waals surface area contributed by atoms with Gasteiger partial charge in [-0.1, -0.05) is 0 Å². The van der Waals surface area contributed by atoms with Crippen LogP contribution in [-0.4, -0.2) is 68.6 Å². The normalized spacial score (nSPS) is 26.0. The summed E-state index contributed by atoms with van der Waals surface area (Å²) in [5.41, 5.74) is 0.377. The van der Waals surface area contributed by atoms with E-state index in [2.05, 4.69) is 14.9 Å². The molecule has 2 saturated heterocycles. The van der Waals surface area contributed by atoms with Gasteiger partial charge in [0.05, 0.1) is 17.3 Å². The summed E-state index contributed by atoms with van der Waals surface area (Å²) in [7, 11) is 0. The summed E-state index contributed by atoms with van der Waals surface area (Å²) < 4.78 is 0. The third-order valence-corrected chi connectivity index (χ3v) is 5.20. The Kier molecular flexibility index (Phi) is 4.64. The maximum Gasteiger partial charge on any atom is 0.242 e. The smallest absolute Gasteiger partial charge is 0.242 e. The van der Waals surface area contributed by atoms with Crippen LogP contribution in [0.15, 0.2) is 18.6 Å². The van der Waals surface area contributed by atoms with Crippen molar-refractivity contribution in [2.75, 3.05) is 26.2 Å². The van der Waals surface area contributed by atoms with Crippen molar-refractivity contribution in [3.8, 4) is 0 Å². The zero-order chi connectivity index (χ0) is 16.4. The zero-order valence-corrected chi connectivity index (χ0v) is 14.0. The highest BCUT2D eigenvalue weighted by Crippen LogP contribution is 2.27. The van der Waals surface area contributed by atoms with Crippen LogP contribution in [0.1, 0.15) is 32.4 Å². The first-order chi connectivity index (χ1) is 11.0. The Hall–Kier alpha value is -1.53. The molecule has 3 heterocycles. The molecular formula is C17H26N4O2. The van der Waals surface area contributed by atoms with E-state index in [1.54, 1.807) is 18.6 Å². The predicted molar refractivity (Wildman–Crippen MR) is 86.7 cm³/mol. The molecule has 6 nitrogen and oxygen atoms in total. The number of hydrogen-bond donors (Lipinski definition) is 1.